The normalized spacial score (nSPS) is 17.6. The molecule has 56 valence electrons. The minimum atomic E-state index is 0. The van der Waals surface area contributed by atoms with Gasteiger partial charge in [0.15, 0.2) is 0 Å². The first kappa shape index (κ1) is 8.05. The highest BCUT2D eigenvalue weighted by Gasteiger charge is 2.18. The van der Waals surface area contributed by atoms with Crippen molar-refractivity contribution in [2.24, 2.45) is 0 Å². The molecule has 1 N–H and O–H groups in total. The molecule has 10 heavy (non-hydrogen) atoms. The SMILES string of the molecule is Cl.c1csc(C2CNC2)c1. The number of halogens is 1. The average molecular weight is 176 g/mol. The minimum absolute atomic E-state index is 0. The fraction of sp³-hybridized carbons (Fsp3) is 0.429. The molecule has 0 amide bonds. The van der Waals surface area contributed by atoms with Crippen LogP contribution in [0.15, 0.2) is 17.5 Å². The van der Waals surface area contributed by atoms with Crippen molar-refractivity contribution in [2.45, 2.75) is 5.92 Å². The van der Waals surface area contributed by atoms with Gasteiger partial charge in [-0.15, -0.1) is 23.7 Å². The van der Waals surface area contributed by atoms with E-state index in [4.69, 9.17) is 0 Å². The molecule has 0 spiro atoms. The average Bonchev–Trinajstić information content (AvgIpc) is 2.11. The van der Waals surface area contributed by atoms with E-state index in [1.165, 1.54) is 18.0 Å². The largest absolute Gasteiger partial charge is 0.315 e. The van der Waals surface area contributed by atoms with Gasteiger partial charge in [0.2, 0.25) is 0 Å². The van der Waals surface area contributed by atoms with E-state index in [0.29, 0.717) is 0 Å². The Kier molecular flexibility index (Phi) is 2.72. The first-order valence-corrected chi connectivity index (χ1v) is 4.09. The maximum absolute atomic E-state index is 3.26. The molecular formula is C7H10ClNS. The number of hydrogen-bond donors (Lipinski definition) is 1. The summed E-state index contributed by atoms with van der Waals surface area (Å²) in [7, 11) is 0. The minimum Gasteiger partial charge on any atom is -0.315 e. The molecule has 1 aliphatic heterocycles. The second-order valence-corrected chi connectivity index (χ2v) is 3.35. The molecule has 1 saturated heterocycles. The molecule has 1 nitrogen and oxygen atoms in total. The molecule has 0 unspecified atom stereocenters. The van der Waals surface area contributed by atoms with E-state index < -0.39 is 0 Å². The van der Waals surface area contributed by atoms with Crippen LogP contribution < -0.4 is 5.32 Å². The van der Waals surface area contributed by atoms with E-state index in [1.54, 1.807) is 0 Å². The van der Waals surface area contributed by atoms with Gasteiger partial charge >= 0.3 is 0 Å². The Balaban J connectivity index is 0.000000500. The van der Waals surface area contributed by atoms with Crippen LogP contribution in [0.2, 0.25) is 0 Å². The van der Waals surface area contributed by atoms with Crippen molar-refractivity contribution < 1.29 is 0 Å². The van der Waals surface area contributed by atoms with E-state index in [1.807, 2.05) is 11.3 Å². The van der Waals surface area contributed by atoms with Crippen molar-refractivity contribution in [1.29, 1.82) is 0 Å². The van der Waals surface area contributed by atoms with Crippen LogP contribution in [0.5, 0.6) is 0 Å². The molecule has 1 aliphatic rings. The fourth-order valence-electron chi connectivity index (χ4n) is 1.01. The van der Waals surface area contributed by atoms with Crippen LogP contribution in [0.3, 0.4) is 0 Å². The third kappa shape index (κ3) is 1.34. The van der Waals surface area contributed by atoms with Gasteiger partial charge in [0.1, 0.15) is 0 Å². The lowest BCUT2D eigenvalue weighted by atomic mass is 10.0. The first-order chi connectivity index (χ1) is 4.47. The smallest absolute Gasteiger partial charge is 0.0183 e. The third-order valence-electron chi connectivity index (χ3n) is 1.73. The van der Waals surface area contributed by atoms with Crippen LogP contribution in [0, 0.1) is 0 Å². The van der Waals surface area contributed by atoms with Gasteiger partial charge in [0, 0.05) is 23.9 Å². The molecular weight excluding hydrogens is 166 g/mol. The van der Waals surface area contributed by atoms with Gasteiger partial charge in [-0.2, -0.15) is 0 Å². The lowest BCUT2D eigenvalue weighted by molar-refractivity contribution is 0.454. The van der Waals surface area contributed by atoms with E-state index in [-0.39, 0.29) is 12.4 Å². The second kappa shape index (κ2) is 3.37. The number of thiophene rings is 1. The summed E-state index contributed by atoms with van der Waals surface area (Å²) < 4.78 is 0. The Bertz CT molecular complexity index is 181. The summed E-state index contributed by atoms with van der Waals surface area (Å²) in [5.41, 5.74) is 0. The molecule has 1 aromatic heterocycles. The van der Waals surface area contributed by atoms with Crippen LogP contribution in [0.1, 0.15) is 10.8 Å². The van der Waals surface area contributed by atoms with Gasteiger partial charge in [0.05, 0.1) is 0 Å². The number of rotatable bonds is 1. The lowest BCUT2D eigenvalue weighted by Gasteiger charge is -2.25. The molecule has 2 heterocycles. The van der Waals surface area contributed by atoms with Gasteiger partial charge in [0.25, 0.3) is 0 Å². The summed E-state index contributed by atoms with van der Waals surface area (Å²) in [6.45, 7) is 2.36. The van der Waals surface area contributed by atoms with E-state index >= 15 is 0 Å². The summed E-state index contributed by atoms with van der Waals surface area (Å²) in [6, 6.07) is 4.34. The van der Waals surface area contributed by atoms with Gasteiger partial charge < -0.3 is 5.32 Å². The molecule has 0 aromatic carbocycles. The highest BCUT2D eigenvalue weighted by Crippen LogP contribution is 2.23. The Labute approximate surface area is 70.9 Å². The van der Waals surface area contributed by atoms with Crippen molar-refractivity contribution in [1.82, 2.24) is 5.32 Å². The Morgan fingerprint density at radius 3 is 2.70 bits per heavy atom. The Morgan fingerprint density at radius 1 is 1.50 bits per heavy atom. The highest BCUT2D eigenvalue weighted by molar-refractivity contribution is 7.10. The van der Waals surface area contributed by atoms with Crippen LogP contribution in [0.4, 0.5) is 0 Å². The van der Waals surface area contributed by atoms with Crippen molar-refractivity contribution in [3.05, 3.63) is 22.4 Å². The molecule has 0 radical (unpaired) electrons. The maximum atomic E-state index is 3.26. The summed E-state index contributed by atoms with van der Waals surface area (Å²) in [4.78, 5) is 1.54. The summed E-state index contributed by atoms with van der Waals surface area (Å²) in [6.07, 6.45) is 0. The van der Waals surface area contributed by atoms with Crippen molar-refractivity contribution in [3.63, 3.8) is 0 Å². The van der Waals surface area contributed by atoms with E-state index in [9.17, 15) is 0 Å². The van der Waals surface area contributed by atoms with Gasteiger partial charge in [-0.3, -0.25) is 0 Å². The third-order valence-corrected chi connectivity index (χ3v) is 2.76. The van der Waals surface area contributed by atoms with Crippen LogP contribution >= 0.6 is 23.7 Å². The second-order valence-electron chi connectivity index (χ2n) is 2.37. The molecule has 0 saturated carbocycles. The number of hydrogen-bond acceptors (Lipinski definition) is 2. The van der Waals surface area contributed by atoms with E-state index in [2.05, 4.69) is 22.8 Å². The zero-order valence-electron chi connectivity index (χ0n) is 5.54. The van der Waals surface area contributed by atoms with Crippen LogP contribution in [-0.2, 0) is 0 Å². The lowest BCUT2D eigenvalue weighted by Crippen LogP contribution is -2.39. The molecule has 2 rings (SSSR count). The molecule has 0 aliphatic carbocycles. The standard InChI is InChI=1S/C7H9NS.ClH/c1-2-7(9-3-1)6-4-8-5-6;/h1-3,6,8H,4-5H2;1H. The maximum Gasteiger partial charge on any atom is 0.0183 e. The van der Waals surface area contributed by atoms with Gasteiger partial charge in [-0.25, -0.2) is 0 Å². The van der Waals surface area contributed by atoms with Gasteiger partial charge in [-0.1, -0.05) is 6.07 Å². The quantitative estimate of drug-likeness (QED) is 0.687. The molecule has 3 heteroatoms. The first-order valence-electron chi connectivity index (χ1n) is 3.21. The van der Waals surface area contributed by atoms with Crippen LogP contribution in [0.25, 0.3) is 0 Å². The van der Waals surface area contributed by atoms with Crippen LogP contribution in [-0.4, -0.2) is 13.1 Å². The van der Waals surface area contributed by atoms with Crippen molar-refractivity contribution in [3.8, 4) is 0 Å². The predicted molar refractivity (Wildman–Crippen MR) is 47.2 cm³/mol. The topological polar surface area (TPSA) is 12.0 Å². The van der Waals surface area contributed by atoms with Gasteiger partial charge in [-0.05, 0) is 11.4 Å². The molecule has 1 aromatic rings. The monoisotopic (exact) mass is 175 g/mol. The zero-order valence-corrected chi connectivity index (χ0v) is 7.17. The van der Waals surface area contributed by atoms with E-state index in [0.717, 1.165) is 5.92 Å². The van der Waals surface area contributed by atoms with Crippen molar-refractivity contribution in [2.75, 3.05) is 13.1 Å². The number of nitrogens with one attached hydrogen (secondary N) is 1. The fourth-order valence-corrected chi connectivity index (χ4v) is 1.84. The predicted octanol–water partition coefficient (Wildman–Crippen LogP) is 1.86. The van der Waals surface area contributed by atoms with Crippen molar-refractivity contribution >= 4 is 23.7 Å². The zero-order chi connectivity index (χ0) is 6.10. The molecule has 0 atom stereocenters. The molecule has 1 fully saturated rings. The summed E-state index contributed by atoms with van der Waals surface area (Å²) in [5.74, 6) is 0.824. The molecule has 0 bridgehead atoms. The Morgan fingerprint density at radius 2 is 2.30 bits per heavy atom. The Hall–Kier alpha value is -0.0500. The summed E-state index contributed by atoms with van der Waals surface area (Å²) in [5, 5.41) is 5.40. The highest BCUT2D eigenvalue weighted by atomic mass is 35.5. The summed E-state index contributed by atoms with van der Waals surface area (Å²) >= 11 is 1.87.